The topological polar surface area (TPSA) is 41.1 Å². The first-order valence-corrected chi connectivity index (χ1v) is 6.09. The first kappa shape index (κ1) is 15.3. The summed E-state index contributed by atoms with van der Waals surface area (Å²) >= 11 is 0. The molecule has 1 fully saturated rings. The monoisotopic (exact) mass is 266 g/mol. The summed E-state index contributed by atoms with van der Waals surface area (Å²) in [5.41, 5.74) is -2.54. The van der Waals surface area contributed by atoms with Crippen molar-refractivity contribution in [3.63, 3.8) is 0 Å². The van der Waals surface area contributed by atoms with E-state index in [-0.39, 0.29) is 31.0 Å². The summed E-state index contributed by atoms with van der Waals surface area (Å²) in [6.07, 6.45) is -4.71. The van der Waals surface area contributed by atoms with Gasteiger partial charge in [0, 0.05) is 12.6 Å². The molecular formula is C12H21F3N2O. The van der Waals surface area contributed by atoms with Gasteiger partial charge >= 0.3 is 6.18 Å². The number of amides is 1. The summed E-state index contributed by atoms with van der Waals surface area (Å²) in [7, 11) is 0. The highest BCUT2D eigenvalue weighted by Gasteiger charge is 2.61. The summed E-state index contributed by atoms with van der Waals surface area (Å²) < 4.78 is 39.3. The minimum atomic E-state index is -4.52. The zero-order chi connectivity index (χ0) is 14.2. The van der Waals surface area contributed by atoms with E-state index < -0.39 is 17.5 Å². The van der Waals surface area contributed by atoms with Crippen molar-refractivity contribution in [2.45, 2.75) is 46.3 Å². The van der Waals surface area contributed by atoms with Crippen molar-refractivity contribution in [1.82, 2.24) is 10.6 Å². The van der Waals surface area contributed by atoms with Gasteiger partial charge in [-0.1, -0.05) is 20.8 Å². The van der Waals surface area contributed by atoms with Crippen LogP contribution in [0.2, 0.25) is 0 Å². The molecule has 1 amide bonds. The van der Waals surface area contributed by atoms with Gasteiger partial charge < -0.3 is 10.6 Å². The van der Waals surface area contributed by atoms with Crippen LogP contribution in [-0.2, 0) is 4.79 Å². The second-order valence-electron chi connectivity index (χ2n) is 6.07. The van der Waals surface area contributed by atoms with Gasteiger partial charge in [0.2, 0.25) is 5.91 Å². The van der Waals surface area contributed by atoms with Gasteiger partial charge in [-0.05, 0) is 25.3 Å². The van der Waals surface area contributed by atoms with Crippen molar-refractivity contribution in [1.29, 1.82) is 0 Å². The van der Waals surface area contributed by atoms with E-state index in [9.17, 15) is 18.0 Å². The molecule has 1 heterocycles. The molecule has 0 aromatic rings. The van der Waals surface area contributed by atoms with Crippen molar-refractivity contribution in [3.05, 3.63) is 0 Å². The summed E-state index contributed by atoms with van der Waals surface area (Å²) in [5.74, 6) is -0.914. The fourth-order valence-electron chi connectivity index (χ4n) is 1.81. The average Bonchev–Trinajstić information content (AvgIpc) is 2.64. The second kappa shape index (κ2) is 4.72. The van der Waals surface area contributed by atoms with Crippen LogP contribution < -0.4 is 10.6 Å². The molecule has 2 unspecified atom stereocenters. The fraction of sp³-hybridized carbons (Fsp3) is 0.917. The SMILES string of the molecule is CC(NC(=O)C1(C(F)(F)F)CCNC1)C(C)(C)C. The molecule has 106 valence electrons. The second-order valence-corrected chi connectivity index (χ2v) is 6.07. The molecule has 2 atom stereocenters. The number of hydrogen-bond donors (Lipinski definition) is 2. The average molecular weight is 266 g/mol. The van der Waals surface area contributed by atoms with Gasteiger partial charge in [-0.15, -0.1) is 0 Å². The lowest BCUT2D eigenvalue weighted by Gasteiger charge is -2.34. The van der Waals surface area contributed by atoms with E-state index in [1.54, 1.807) is 6.92 Å². The maximum Gasteiger partial charge on any atom is 0.404 e. The largest absolute Gasteiger partial charge is 0.404 e. The predicted molar refractivity (Wildman–Crippen MR) is 63.0 cm³/mol. The summed E-state index contributed by atoms with van der Waals surface area (Å²) in [6, 6.07) is -0.315. The fourth-order valence-corrected chi connectivity index (χ4v) is 1.81. The van der Waals surface area contributed by atoms with Crippen LogP contribution in [0.1, 0.15) is 34.1 Å². The third kappa shape index (κ3) is 2.79. The van der Waals surface area contributed by atoms with E-state index in [1.807, 2.05) is 20.8 Å². The molecule has 2 N–H and O–H groups in total. The Morgan fingerprint density at radius 3 is 2.22 bits per heavy atom. The highest BCUT2D eigenvalue weighted by atomic mass is 19.4. The molecule has 0 saturated carbocycles. The van der Waals surface area contributed by atoms with Crippen molar-refractivity contribution in [2.24, 2.45) is 10.8 Å². The molecule has 6 heteroatoms. The van der Waals surface area contributed by atoms with Crippen LogP contribution in [0.5, 0.6) is 0 Å². The summed E-state index contributed by atoms with van der Waals surface area (Å²) in [4.78, 5) is 12.0. The number of carbonyl (C=O) groups is 1. The first-order chi connectivity index (χ1) is 8.01. The minimum Gasteiger partial charge on any atom is -0.352 e. The van der Waals surface area contributed by atoms with Crippen LogP contribution in [0, 0.1) is 10.8 Å². The van der Waals surface area contributed by atoms with Crippen LogP contribution in [0.25, 0.3) is 0 Å². The van der Waals surface area contributed by atoms with Gasteiger partial charge in [-0.2, -0.15) is 13.2 Å². The van der Waals surface area contributed by atoms with Crippen LogP contribution in [-0.4, -0.2) is 31.2 Å². The minimum absolute atomic E-state index is 0.195. The Morgan fingerprint density at radius 1 is 1.33 bits per heavy atom. The standard InChI is InChI=1S/C12H21F3N2O/c1-8(10(2,3)4)17-9(18)11(12(13,14)15)5-6-16-7-11/h8,16H,5-7H2,1-4H3,(H,17,18). The van der Waals surface area contributed by atoms with Gasteiger partial charge in [0.25, 0.3) is 0 Å². The van der Waals surface area contributed by atoms with Gasteiger partial charge in [0.05, 0.1) is 0 Å². The van der Waals surface area contributed by atoms with Gasteiger partial charge in [-0.3, -0.25) is 4.79 Å². The summed E-state index contributed by atoms with van der Waals surface area (Å²) in [5, 5.41) is 5.14. The lowest BCUT2D eigenvalue weighted by atomic mass is 9.82. The number of nitrogens with one attached hydrogen (secondary N) is 2. The molecule has 0 bridgehead atoms. The molecule has 1 aliphatic rings. The Morgan fingerprint density at radius 2 is 1.89 bits per heavy atom. The van der Waals surface area contributed by atoms with Crippen molar-refractivity contribution >= 4 is 5.91 Å². The van der Waals surface area contributed by atoms with Crippen LogP contribution in [0.3, 0.4) is 0 Å². The summed E-state index contributed by atoms with van der Waals surface area (Å²) in [6.45, 7) is 7.25. The Hall–Kier alpha value is -0.780. The van der Waals surface area contributed by atoms with Gasteiger partial charge in [0.1, 0.15) is 0 Å². The Labute approximate surface area is 106 Å². The smallest absolute Gasteiger partial charge is 0.352 e. The molecule has 1 rings (SSSR count). The van der Waals surface area contributed by atoms with E-state index in [1.165, 1.54) is 0 Å². The molecule has 0 radical (unpaired) electrons. The first-order valence-electron chi connectivity index (χ1n) is 6.09. The van der Waals surface area contributed by atoms with Crippen LogP contribution in [0.4, 0.5) is 13.2 Å². The maximum atomic E-state index is 13.1. The molecule has 0 aromatic heterocycles. The molecule has 3 nitrogen and oxygen atoms in total. The number of alkyl halides is 3. The zero-order valence-electron chi connectivity index (χ0n) is 11.2. The lowest BCUT2D eigenvalue weighted by molar-refractivity contribution is -0.216. The highest BCUT2D eigenvalue weighted by molar-refractivity contribution is 5.84. The third-order valence-electron chi connectivity index (χ3n) is 3.78. The van der Waals surface area contributed by atoms with E-state index >= 15 is 0 Å². The van der Waals surface area contributed by atoms with Crippen LogP contribution in [0.15, 0.2) is 0 Å². The number of carbonyl (C=O) groups excluding carboxylic acids is 1. The van der Waals surface area contributed by atoms with Crippen LogP contribution >= 0.6 is 0 Å². The molecular weight excluding hydrogens is 245 g/mol. The van der Waals surface area contributed by atoms with Gasteiger partial charge in [-0.25, -0.2) is 0 Å². The predicted octanol–water partition coefficient (Wildman–Crippen LogP) is 2.08. The quantitative estimate of drug-likeness (QED) is 0.803. The van der Waals surface area contributed by atoms with E-state index in [2.05, 4.69) is 10.6 Å². The Bertz CT molecular complexity index is 314. The molecule has 1 aliphatic heterocycles. The number of hydrogen-bond acceptors (Lipinski definition) is 2. The zero-order valence-corrected chi connectivity index (χ0v) is 11.2. The number of rotatable bonds is 2. The molecule has 0 aromatic carbocycles. The van der Waals surface area contributed by atoms with Gasteiger partial charge in [0.15, 0.2) is 5.41 Å². The molecule has 0 spiro atoms. The van der Waals surface area contributed by atoms with Crippen molar-refractivity contribution in [2.75, 3.05) is 13.1 Å². The maximum absolute atomic E-state index is 13.1. The van der Waals surface area contributed by atoms with E-state index in [4.69, 9.17) is 0 Å². The van der Waals surface area contributed by atoms with E-state index in [0.717, 1.165) is 0 Å². The van der Waals surface area contributed by atoms with E-state index in [0.29, 0.717) is 0 Å². The highest BCUT2D eigenvalue weighted by Crippen LogP contribution is 2.43. The third-order valence-corrected chi connectivity index (χ3v) is 3.78. The Kier molecular flexibility index (Phi) is 4.00. The lowest BCUT2D eigenvalue weighted by Crippen LogP contribution is -2.55. The normalized spacial score (nSPS) is 27.1. The number of halogens is 3. The van der Waals surface area contributed by atoms with Crippen molar-refractivity contribution < 1.29 is 18.0 Å². The van der Waals surface area contributed by atoms with Crippen molar-refractivity contribution in [3.8, 4) is 0 Å². The molecule has 18 heavy (non-hydrogen) atoms. The Balaban J connectivity index is 2.86. The molecule has 0 aliphatic carbocycles. The molecule has 1 saturated heterocycles.